The summed E-state index contributed by atoms with van der Waals surface area (Å²) in [6.45, 7) is 25.4. The van der Waals surface area contributed by atoms with Crippen molar-refractivity contribution in [1.29, 1.82) is 0 Å². The third-order valence-corrected chi connectivity index (χ3v) is 20.7. The van der Waals surface area contributed by atoms with E-state index in [2.05, 4.69) is 140 Å². The molecule has 0 spiro atoms. The summed E-state index contributed by atoms with van der Waals surface area (Å²) in [6, 6.07) is 32.3. The number of hydrogen-bond acceptors (Lipinski definition) is 5. The molecule has 3 aromatic rings. The van der Waals surface area contributed by atoms with Crippen LogP contribution in [0.2, 0.25) is 42.8 Å². The summed E-state index contributed by atoms with van der Waals surface area (Å²) in [7, 11) is -5.12. The first-order valence-corrected chi connectivity index (χ1v) is 26.6. The fourth-order valence-electron chi connectivity index (χ4n) is 6.94. The molecule has 0 aliphatic heterocycles. The van der Waals surface area contributed by atoms with Gasteiger partial charge in [-0.2, -0.15) is 0 Å². The molecule has 278 valence electrons. The highest BCUT2D eigenvalue weighted by Crippen LogP contribution is 2.40. The van der Waals surface area contributed by atoms with Crippen LogP contribution < -0.4 is 15.1 Å². The third kappa shape index (κ3) is 11.1. The van der Waals surface area contributed by atoms with Gasteiger partial charge in [0.2, 0.25) is 0 Å². The molecule has 0 amide bonds. The average molecular weight is 745 g/mol. The minimum absolute atomic E-state index is 0.172. The molecule has 0 saturated heterocycles. The Hall–Kier alpha value is -2.75. The van der Waals surface area contributed by atoms with Crippen LogP contribution in [0.3, 0.4) is 0 Å². The van der Waals surface area contributed by atoms with Gasteiger partial charge >= 0.3 is 0 Å². The Balaban J connectivity index is 2.15. The Morgan fingerprint density at radius 3 is 1.78 bits per heavy atom. The van der Waals surface area contributed by atoms with Crippen LogP contribution in [0.1, 0.15) is 59.9 Å². The van der Waals surface area contributed by atoms with Crippen LogP contribution in [0.25, 0.3) is 0 Å². The van der Waals surface area contributed by atoms with Gasteiger partial charge in [-0.05, 0) is 51.2 Å². The molecular formula is C43H64O5Si3. The second kappa shape index (κ2) is 18.8. The molecule has 1 N–H and O–H groups in total. The lowest BCUT2D eigenvalue weighted by Gasteiger charge is -2.47. The molecule has 0 heterocycles. The van der Waals surface area contributed by atoms with Gasteiger partial charge in [-0.1, -0.05) is 146 Å². The molecule has 0 aromatic heterocycles. The zero-order valence-electron chi connectivity index (χ0n) is 33.1. The zero-order chi connectivity index (χ0) is 37.8. The van der Waals surface area contributed by atoms with E-state index in [-0.39, 0.29) is 5.04 Å². The van der Waals surface area contributed by atoms with Crippen molar-refractivity contribution in [3.8, 4) is 17.2 Å². The van der Waals surface area contributed by atoms with Gasteiger partial charge in [0.15, 0.2) is 8.32 Å². The summed E-state index contributed by atoms with van der Waals surface area (Å²) in [4.78, 5) is 0. The van der Waals surface area contributed by atoms with Crippen LogP contribution in [0.15, 0.2) is 97.6 Å². The van der Waals surface area contributed by atoms with Crippen molar-refractivity contribution in [3.63, 3.8) is 0 Å². The van der Waals surface area contributed by atoms with Crippen molar-refractivity contribution in [2.24, 2.45) is 0 Å². The topological polar surface area (TPSA) is 57.2 Å². The minimum atomic E-state index is -2.82. The molecule has 3 aromatic carbocycles. The largest absolute Gasteiger partial charge is 0.497 e. The minimum Gasteiger partial charge on any atom is -0.497 e. The van der Waals surface area contributed by atoms with Crippen LogP contribution in [0.4, 0.5) is 0 Å². The lowest BCUT2D eigenvalue weighted by atomic mass is 9.89. The van der Waals surface area contributed by atoms with E-state index < -0.39 is 42.5 Å². The fraction of sp³-hybridized carbons (Fsp3) is 0.488. The van der Waals surface area contributed by atoms with Gasteiger partial charge in [0.05, 0.1) is 19.8 Å². The van der Waals surface area contributed by atoms with Crippen LogP contribution >= 0.6 is 0 Å². The van der Waals surface area contributed by atoms with Gasteiger partial charge < -0.3 is 23.4 Å². The molecule has 0 bridgehead atoms. The van der Waals surface area contributed by atoms with Crippen molar-refractivity contribution in [3.05, 3.63) is 103 Å². The molecule has 3 rings (SSSR count). The van der Waals surface area contributed by atoms with E-state index in [4.69, 9.17) is 18.3 Å². The van der Waals surface area contributed by atoms with Crippen molar-refractivity contribution in [1.82, 2.24) is 0 Å². The smallest absolute Gasteiger partial charge is 0.261 e. The molecule has 51 heavy (non-hydrogen) atoms. The van der Waals surface area contributed by atoms with E-state index in [1.807, 2.05) is 30.3 Å². The Labute approximate surface area is 313 Å². The van der Waals surface area contributed by atoms with Gasteiger partial charge in [-0.25, -0.2) is 0 Å². The first-order valence-electron chi connectivity index (χ1n) is 18.7. The van der Waals surface area contributed by atoms with Crippen LogP contribution in [-0.2, 0) is 20.2 Å². The van der Waals surface area contributed by atoms with Crippen molar-refractivity contribution < 1.29 is 23.4 Å². The predicted octanol–water partition coefficient (Wildman–Crippen LogP) is 9.13. The highest BCUT2D eigenvalue weighted by atomic mass is 28.4. The van der Waals surface area contributed by atoms with Gasteiger partial charge in [-0.3, -0.25) is 0 Å². The van der Waals surface area contributed by atoms with E-state index in [9.17, 15) is 5.11 Å². The molecule has 0 aliphatic carbocycles. The van der Waals surface area contributed by atoms with Crippen molar-refractivity contribution in [2.75, 3.05) is 13.7 Å². The SMILES string of the molecule is C=C[C@@](CCO[Si](c1ccccc1)(c1ccccc1)C(C)(C)C)(O[Si](CC)(CC)CC)[C@@H](C[C@H](O)C#C[Si](C)(C)C)OCc1ccc(OC)cc1. The zero-order valence-corrected chi connectivity index (χ0v) is 36.1. The quantitative estimate of drug-likeness (QED) is 0.0754. The van der Waals surface area contributed by atoms with Crippen LogP contribution in [0, 0.1) is 11.5 Å². The van der Waals surface area contributed by atoms with Gasteiger partial charge in [0, 0.05) is 19.4 Å². The molecular weight excluding hydrogens is 681 g/mol. The Bertz CT molecular complexity index is 1490. The van der Waals surface area contributed by atoms with Crippen molar-refractivity contribution >= 4 is 35.1 Å². The molecule has 0 radical (unpaired) electrons. The van der Waals surface area contributed by atoms with Crippen molar-refractivity contribution in [2.45, 2.75) is 122 Å². The molecule has 8 heteroatoms. The Morgan fingerprint density at radius 1 is 0.824 bits per heavy atom. The normalized spacial score (nSPS) is 14.9. The van der Waals surface area contributed by atoms with E-state index in [0.29, 0.717) is 26.1 Å². The number of methoxy groups -OCH3 is 1. The first kappa shape index (κ1) is 42.7. The molecule has 3 atom stereocenters. The maximum Gasteiger partial charge on any atom is 0.261 e. The fourth-order valence-corrected chi connectivity index (χ4v) is 15.2. The average Bonchev–Trinajstić information content (AvgIpc) is 3.13. The first-order chi connectivity index (χ1) is 24.1. The van der Waals surface area contributed by atoms with Crippen LogP contribution in [0.5, 0.6) is 5.75 Å². The van der Waals surface area contributed by atoms with E-state index in [1.54, 1.807) is 7.11 Å². The van der Waals surface area contributed by atoms with Gasteiger partial charge in [0.25, 0.3) is 8.32 Å². The monoisotopic (exact) mass is 744 g/mol. The number of benzene rings is 3. The lowest BCUT2D eigenvalue weighted by Crippen LogP contribution is -2.67. The summed E-state index contributed by atoms with van der Waals surface area (Å²) in [5, 5.41) is 13.8. The standard InChI is InChI=1S/C43H64O5Si3/c1-12-43(48-50(13-2,14-3)15-4,41(34-37(44)30-33-49(9,10)11)46-35-36-26-28-38(45-8)29-27-36)31-32-47-51(42(5,6)7,39-22-18-16-19-23-39)40-24-20-17-21-25-40/h12,16-29,37,41,44H,1,13-15,31-32,34-35H2,2-11H3/t37-,41-,43+/m1/s1. The number of ether oxygens (including phenoxy) is 2. The lowest BCUT2D eigenvalue weighted by molar-refractivity contribution is -0.0997. The van der Waals surface area contributed by atoms with E-state index >= 15 is 0 Å². The Morgan fingerprint density at radius 2 is 1.35 bits per heavy atom. The molecule has 0 fully saturated rings. The second-order valence-corrected chi connectivity index (χ2v) is 29.4. The predicted molar refractivity (Wildman–Crippen MR) is 223 cm³/mol. The summed E-state index contributed by atoms with van der Waals surface area (Å²) in [6.07, 6.45) is 1.36. The van der Waals surface area contributed by atoms with Crippen LogP contribution in [-0.4, -0.2) is 61.3 Å². The molecule has 0 aliphatic rings. The van der Waals surface area contributed by atoms with Gasteiger partial charge in [-0.15, -0.1) is 12.1 Å². The van der Waals surface area contributed by atoms with E-state index in [1.165, 1.54) is 10.4 Å². The summed E-state index contributed by atoms with van der Waals surface area (Å²) < 4.78 is 27.3. The summed E-state index contributed by atoms with van der Waals surface area (Å²) in [5.41, 5.74) is 3.46. The summed E-state index contributed by atoms with van der Waals surface area (Å²) >= 11 is 0. The number of aliphatic hydroxyl groups is 1. The van der Waals surface area contributed by atoms with E-state index in [0.717, 1.165) is 29.4 Å². The maximum absolute atomic E-state index is 11.5. The third-order valence-electron chi connectivity index (χ3n) is 10.1. The molecule has 0 unspecified atom stereocenters. The number of aliphatic hydroxyl groups excluding tert-OH is 1. The summed E-state index contributed by atoms with van der Waals surface area (Å²) in [5.74, 6) is 3.97. The number of rotatable bonds is 19. The Kier molecular flexibility index (Phi) is 15.8. The number of hydrogen-bond donors (Lipinski definition) is 1. The maximum atomic E-state index is 11.5. The highest BCUT2D eigenvalue weighted by Gasteiger charge is 2.51. The van der Waals surface area contributed by atoms with Gasteiger partial charge in [0.1, 0.15) is 25.5 Å². The highest BCUT2D eigenvalue weighted by molar-refractivity contribution is 6.99. The molecule has 0 saturated carbocycles. The second-order valence-electron chi connectivity index (χ2n) is 15.7. The molecule has 5 nitrogen and oxygen atoms in total.